The molecule has 0 aliphatic carbocycles. The quantitative estimate of drug-likeness (QED) is 0.0200. The van der Waals surface area contributed by atoms with E-state index in [1.54, 1.807) is 0 Å². The van der Waals surface area contributed by atoms with E-state index in [2.05, 4.69) is 54.8 Å². The first-order valence-corrected chi connectivity index (χ1v) is 24.1. The van der Waals surface area contributed by atoms with Crippen LogP contribution in [0.4, 0.5) is 0 Å². The number of aliphatic hydroxyl groups excluding tert-OH is 3. The number of carbonyl (C=O) groups excluding carboxylic acids is 2. The summed E-state index contributed by atoms with van der Waals surface area (Å²) in [6, 6.07) is 0. The lowest BCUT2D eigenvalue weighted by Crippen LogP contribution is -2.29. The molecule has 0 aliphatic heterocycles. The van der Waals surface area contributed by atoms with Crippen molar-refractivity contribution < 1.29 is 52.9 Å². The topological polar surface area (TPSA) is 169 Å². The number of phosphoric ester groups is 1. The molecule has 58 heavy (non-hydrogen) atoms. The normalized spacial score (nSPS) is 14.3. The van der Waals surface area contributed by atoms with Gasteiger partial charge in [-0.05, 0) is 63.7 Å². The van der Waals surface area contributed by atoms with Gasteiger partial charge in [0.2, 0.25) is 0 Å². The second-order valence-electron chi connectivity index (χ2n) is 15.6. The molecule has 0 aromatic rings. The predicted octanol–water partition coefficient (Wildman–Crippen LogP) is 10.9. The van der Waals surface area contributed by atoms with Gasteiger partial charge in [-0.15, -0.1) is 0 Å². The zero-order valence-corrected chi connectivity index (χ0v) is 37.3. The first kappa shape index (κ1) is 55.9. The average molecular weight is 843 g/mol. The Morgan fingerprint density at radius 1 is 0.552 bits per heavy atom. The van der Waals surface area contributed by atoms with Crippen LogP contribution in [-0.4, -0.2) is 77.4 Å². The summed E-state index contributed by atoms with van der Waals surface area (Å²) >= 11 is 0. The van der Waals surface area contributed by atoms with E-state index >= 15 is 0 Å². The number of phosphoric acid groups is 1. The third kappa shape index (κ3) is 42.0. The average Bonchev–Trinajstić information content (AvgIpc) is 3.20. The van der Waals surface area contributed by atoms with E-state index in [0.29, 0.717) is 19.3 Å². The van der Waals surface area contributed by atoms with Crippen molar-refractivity contribution in [1.29, 1.82) is 0 Å². The van der Waals surface area contributed by atoms with Crippen molar-refractivity contribution in [3.8, 4) is 0 Å². The molecule has 1 unspecified atom stereocenters. The molecule has 0 aromatic carbocycles. The summed E-state index contributed by atoms with van der Waals surface area (Å²) in [6.07, 6.45) is 41.0. The molecule has 3 atom stereocenters. The van der Waals surface area contributed by atoms with E-state index in [-0.39, 0.29) is 26.1 Å². The number of allylic oxidation sites excluding steroid dienone is 8. The fraction of sp³-hybridized carbons (Fsp3) is 0.783. The second-order valence-corrected chi connectivity index (χ2v) is 17.1. The van der Waals surface area contributed by atoms with E-state index in [1.165, 1.54) is 70.6 Å². The maximum Gasteiger partial charge on any atom is 0.472 e. The molecule has 4 N–H and O–H groups in total. The van der Waals surface area contributed by atoms with Crippen molar-refractivity contribution in [2.45, 2.75) is 193 Å². The van der Waals surface area contributed by atoms with Gasteiger partial charge in [0.1, 0.15) is 12.7 Å². The second kappa shape index (κ2) is 41.6. The van der Waals surface area contributed by atoms with Crippen LogP contribution in [0.15, 0.2) is 48.6 Å². The Kier molecular flexibility index (Phi) is 40.1. The Morgan fingerprint density at radius 2 is 1.00 bits per heavy atom. The first-order valence-electron chi connectivity index (χ1n) is 22.6. The van der Waals surface area contributed by atoms with Gasteiger partial charge in [-0.25, -0.2) is 4.57 Å². The van der Waals surface area contributed by atoms with Crippen LogP contribution in [0.2, 0.25) is 0 Å². The van der Waals surface area contributed by atoms with Crippen molar-refractivity contribution in [2.75, 3.05) is 33.0 Å². The summed E-state index contributed by atoms with van der Waals surface area (Å²) in [6.45, 7) is 2.66. The molecule has 0 radical (unpaired) electrons. The van der Waals surface area contributed by atoms with Crippen LogP contribution in [0.1, 0.15) is 181 Å². The third-order valence-electron chi connectivity index (χ3n) is 9.47. The number of ether oxygens (including phenoxy) is 2. The lowest BCUT2D eigenvalue weighted by molar-refractivity contribution is -0.161. The van der Waals surface area contributed by atoms with Crippen LogP contribution in [0, 0.1) is 5.92 Å². The number of esters is 2. The van der Waals surface area contributed by atoms with E-state index in [0.717, 1.165) is 70.1 Å². The molecule has 0 bridgehead atoms. The third-order valence-corrected chi connectivity index (χ3v) is 10.4. The molecule has 0 amide bonds. The minimum absolute atomic E-state index is 0.0984. The Hall–Kier alpha value is -2.11. The summed E-state index contributed by atoms with van der Waals surface area (Å²) in [5.74, 6) is -0.183. The summed E-state index contributed by atoms with van der Waals surface area (Å²) in [5, 5.41) is 27.1. The van der Waals surface area contributed by atoms with Crippen LogP contribution >= 0.6 is 7.82 Å². The maximum absolute atomic E-state index is 12.6. The Morgan fingerprint density at radius 3 is 1.52 bits per heavy atom. The molecule has 0 fully saturated rings. The van der Waals surface area contributed by atoms with Crippen molar-refractivity contribution in [1.82, 2.24) is 0 Å². The molecular formula is C46H83O11P. The number of unbranched alkanes of at least 4 members (excludes halogenated alkanes) is 17. The standard InChI is InChI=1S/C46H83O11P/c1-42(2)34-30-26-22-18-14-10-7-8-11-15-19-23-27-31-35-45(50)54-40-44(41-56-58(52,53)55-39-43(49)38-48)57-46(51)36-32-28-24-20-16-12-6-4-3-5-9-13-17-21-25-29-33-37-47/h3,5-6,12-13,17,20,24,42-44,47-49H,4,7-11,14-16,18-19,21-23,25-41H2,1-2H3,(H,52,53)/b5-3-,12-6-,17-13-,24-20-/t43-,44+/m0/s1. The zero-order valence-electron chi connectivity index (χ0n) is 36.4. The van der Waals surface area contributed by atoms with Gasteiger partial charge in [-0.2, -0.15) is 0 Å². The van der Waals surface area contributed by atoms with Gasteiger partial charge in [0.15, 0.2) is 6.10 Å². The number of carbonyl (C=O) groups is 2. The smallest absolute Gasteiger partial charge is 0.462 e. The SMILES string of the molecule is CC(C)CCCCCCCCCCCCCCCCC(=O)OC[C@H](COP(=O)(O)OC[C@@H](O)CO)OC(=O)CCC/C=C\C/C=C\C/C=C\C/C=C\CCCCCO. The summed E-state index contributed by atoms with van der Waals surface area (Å²) in [7, 11) is -4.64. The molecule has 338 valence electrons. The van der Waals surface area contributed by atoms with Crippen molar-refractivity contribution in [3.63, 3.8) is 0 Å². The van der Waals surface area contributed by atoms with E-state index in [1.807, 2.05) is 12.2 Å². The summed E-state index contributed by atoms with van der Waals surface area (Å²) < 4.78 is 32.7. The Bertz CT molecular complexity index is 1120. The minimum atomic E-state index is -4.64. The first-order chi connectivity index (χ1) is 28.1. The van der Waals surface area contributed by atoms with Crippen LogP contribution in [-0.2, 0) is 32.7 Å². The summed E-state index contributed by atoms with van der Waals surface area (Å²) in [4.78, 5) is 35.0. The molecule has 0 saturated heterocycles. The van der Waals surface area contributed by atoms with Crippen molar-refractivity contribution >= 4 is 19.8 Å². The van der Waals surface area contributed by atoms with Crippen LogP contribution in [0.3, 0.4) is 0 Å². The molecule has 0 saturated carbocycles. The Balaban J connectivity index is 4.35. The van der Waals surface area contributed by atoms with Gasteiger partial charge >= 0.3 is 19.8 Å². The van der Waals surface area contributed by atoms with Crippen LogP contribution in [0.5, 0.6) is 0 Å². The van der Waals surface area contributed by atoms with Gasteiger partial charge in [-0.3, -0.25) is 18.6 Å². The van der Waals surface area contributed by atoms with Crippen LogP contribution < -0.4 is 0 Å². The highest BCUT2D eigenvalue weighted by Gasteiger charge is 2.27. The molecule has 0 heterocycles. The zero-order chi connectivity index (χ0) is 42.8. The van der Waals surface area contributed by atoms with E-state index in [4.69, 9.17) is 24.2 Å². The van der Waals surface area contributed by atoms with Crippen molar-refractivity contribution in [2.24, 2.45) is 5.92 Å². The molecular weight excluding hydrogens is 759 g/mol. The lowest BCUT2D eigenvalue weighted by atomic mass is 10.0. The van der Waals surface area contributed by atoms with Gasteiger partial charge in [0, 0.05) is 19.4 Å². The molecule has 0 rings (SSSR count). The number of hydrogen-bond donors (Lipinski definition) is 4. The predicted molar refractivity (Wildman–Crippen MR) is 234 cm³/mol. The number of aliphatic hydroxyl groups is 3. The molecule has 0 spiro atoms. The fourth-order valence-electron chi connectivity index (χ4n) is 5.97. The van der Waals surface area contributed by atoms with Gasteiger partial charge < -0.3 is 29.7 Å². The van der Waals surface area contributed by atoms with Gasteiger partial charge in [0.05, 0.1) is 19.8 Å². The van der Waals surface area contributed by atoms with Crippen LogP contribution in [0.25, 0.3) is 0 Å². The van der Waals surface area contributed by atoms with Gasteiger partial charge in [0.25, 0.3) is 0 Å². The highest BCUT2D eigenvalue weighted by Crippen LogP contribution is 2.43. The molecule has 12 heteroatoms. The highest BCUT2D eigenvalue weighted by molar-refractivity contribution is 7.47. The molecule has 0 aromatic heterocycles. The van der Waals surface area contributed by atoms with Crippen molar-refractivity contribution in [3.05, 3.63) is 48.6 Å². The summed E-state index contributed by atoms with van der Waals surface area (Å²) in [5.41, 5.74) is 0. The molecule has 11 nitrogen and oxygen atoms in total. The number of rotatable bonds is 42. The monoisotopic (exact) mass is 843 g/mol. The number of hydrogen-bond acceptors (Lipinski definition) is 10. The fourth-order valence-corrected chi connectivity index (χ4v) is 6.76. The minimum Gasteiger partial charge on any atom is -0.462 e. The van der Waals surface area contributed by atoms with E-state index in [9.17, 15) is 24.2 Å². The Labute approximate surface area is 352 Å². The van der Waals surface area contributed by atoms with Gasteiger partial charge in [-0.1, -0.05) is 159 Å². The lowest BCUT2D eigenvalue weighted by Gasteiger charge is -2.20. The maximum atomic E-state index is 12.6. The van der Waals surface area contributed by atoms with E-state index < -0.39 is 51.8 Å². The highest BCUT2D eigenvalue weighted by atomic mass is 31.2. The molecule has 0 aliphatic rings. The largest absolute Gasteiger partial charge is 0.472 e.